The van der Waals surface area contributed by atoms with E-state index in [2.05, 4.69) is 50.6 Å². The van der Waals surface area contributed by atoms with Gasteiger partial charge < -0.3 is 0 Å². The van der Waals surface area contributed by atoms with E-state index in [1.807, 2.05) is 91.0 Å². The van der Waals surface area contributed by atoms with Crippen LogP contribution in [0.1, 0.15) is 55.2 Å². The van der Waals surface area contributed by atoms with Gasteiger partial charge in [-0.1, -0.05) is 56.7 Å². The van der Waals surface area contributed by atoms with E-state index < -0.39 is 0 Å². The quantitative estimate of drug-likeness (QED) is 0.234. The van der Waals surface area contributed by atoms with Crippen molar-refractivity contribution >= 4 is 0 Å². The monoisotopic (exact) mass is 524 g/mol. The van der Waals surface area contributed by atoms with E-state index in [1.165, 1.54) is 44.1 Å². The van der Waals surface area contributed by atoms with E-state index in [9.17, 15) is 0 Å². The molecule has 174 valence electrons. The van der Waals surface area contributed by atoms with Crippen LogP contribution >= 0.6 is 0 Å². The molecule has 1 heteroatoms. The van der Waals surface area contributed by atoms with E-state index in [4.69, 9.17) is 0 Å². The zero-order chi connectivity index (χ0) is 23.4. The fourth-order valence-electron chi connectivity index (χ4n) is 3.59. The van der Waals surface area contributed by atoms with E-state index >= 15 is 0 Å². The minimum absolute atomic E-state index is 0. The standard InChI is InChI=1S/C14H19.2C7H7.C5H5.Zr/c1-3-7-13(8-4-1)11-12-14-9-5-2-6-10-14;2*1-7-5-3-2-4-6-7;1-2-4-5-3-1;/h1,3-4,7-8,11,14H,2,5-6,9-10,12H2;2*2-6H,1H2;1-5H;/q4*-1;+4. The Hall–Kier alpha value is -2.50. The van der Waals surface area contributed by atoms with Crippen molar-refractivity contribution in [3.05, 3.63) is 158 Å². The molecule has 0 N–H and O–H groups in total. The van der Waals surface area contributed by atoms with E-state index in [0.29, 0.717) is 0 Å². The molecule has 0 aliphatic heterocycles. The summed E-state index contributed by atoms with van der Waals surface area (Å²) in [6.45, 7) is 7.44. The van der Waals surface area contributed by atoms with Crippen molar-refractivity contribution in [1.82, 2.24) is 0 Å². The summed E-state index contributed by atoms with van der Waals surface area (Å²) in [5.41, 5.74) is 3.53. The first-order valence-electron chi connectivity index (χ1n) is 12.0. The summed E-state index contributed by atoms with van der Waals surface area (Å²) < 4.78 is 0. The van der Waals surface area contributed by atoms with Gasteiger partial charge in [-0.05, 0) is 5.92 Å². The normalized spacial score (nSPS) is 12.1. The van der Waals surface area contributed by atoms with Crippen molar-refractivity contribution in [2.45, 2.75) is 38.5 Å². The molecule has 0 spiro atoms. The maximum absolute atomic E-state index is 3.72. The van der Waals surface area contributed by atoms with Crippen LogP contribution in [0.15, 0.2) is 121 Å². The molecule has 1 aliphatic carbocycles. The van der Waals surface area contributed by atoms with Crippen LogP contribution in [0, 0.1) is 26.2 Å². The molecule has 1 saturated carbocycles. The first kappa shape index (κ1) is 29.5. The van der Waals surface area contributed by atoms with Gasteiger partial charge in [0.05, 0.1) is 0 Å². The van der Waals surface area contributed by atoms with E-state index in [-0.39, 0.29) is 26.2 Å². The summed E-state index contributed by atoms with van der Waals surface area (Å²) in [5.74, 6) is 0.962. The third kappa shape index (κ3) is 15.4. The average Bonchev–Trinajstić information content (AvgIpc) is 3.47. The first-order valence-corrected chi connectivity index (χ1v) is 12.0. The van der Waals surface area contributed by atoms with Gasteiger partial charge in [-0.15, -0.1) is 36.4 Å². The number of benzene rings is 3. The molecule has 0 amide bonds. The maximum atomic E-state index is 3.72. The molecule has 0 atom stereocenters. The number of hydrogen-bond donors (Lipinski definition) is 0. The molecule has 5 rings (SSSR count). The summed E-state index contributed by atoms with van der Waals surface area (Å²) in [4.78, 5) is 0. The summed E-state index contributed by atoms with van der Waals surface area (Å²) in [6.07, 6.45) is 10.9. The van der Waals surface area contributed by atoms with Crippen LogP contribution in [0.2, 0.25) is 0 Å². The minimum Gasteiger partial charge on any atom is -0.214 e. The van der Waals surface area contributed by atoms with Crippen LogP contribution in [0.3, 0.4) is 0 Å². The Bertz CT molecular complexity index is 838. The number of rotatable bonds is 3. The van der Waals surface area contributed by atoms with E-state index in [0.717, 1.165) is 17.0 Å². The molecule has 0 aromatic heterocycles. The summed E-state index contributed by atoms with van der Waals surface area (Å²) in [5, 5.41) is 0. The molecule has 0 radical (unpaired) electrons. The molecule has 0 nitrogen and oxygen atoms in total. The Balaban J connectivity index is 0.000000245. The van der Waals surface area contributed by atoms with Crippen LogP contribution in [-0.2, 0) is 26.2 Å². The summed E-state index contributed by atoms with van der Waals surface area (Å²) in [7, 11) is 0. The fraction of sp³-hybridized carbons (Fsp3) is 0.212. The molecular weight excluding hydrogens is 488 g/mol. The zero-order valence-corrected chi connectivity index (χ0v) is 22.8. The molecular formula is C33H38Zr. The largest absolute Gasteiger partial charge is 4.00 e. The van der Waals surface area contributed by atoms with Gasteiger partial charge in [-0.3, -0.25) is 0 Å². The second kappa shape index (κ2) is 19.9. The van der Waals surface area contributed by atoms with Crippen molar-refractivity contribution in [2.75, 3.05) is 0 Å². The first-order chi connectivity index (χ1) is 16.2. The summed E-state index contributed by atoms with van der Waals surface area (Å²) >= 11 is 0. The molecule has 4 aromatic rings. The smallest absolute Gasteiger partial charge is 0.214 e. The van der Waals surface area contributed by atoms with Gasteiger partial charge in [0.2, 0.25) is 0 Å². The van der Waals surface area contributed by atoms with Crippen molar-refractivity contribution in [3.63, 3.8) is 0 Å². The van der Waals surface area contributed by atoms with Crippen LogP contribution < -0.4 is 0 Å². The number of hydrogen-bond acceptors (Lipinski definition) is 0. The Labute approximate surface area is 228 Å². The van der Waals surface area contributed by atoms with Gasteiger partial charge in [0, 0.05) is 0 Å². The van der Waals surface area contributed by atoms with Gasteiger partial charge in [0.25, 0.3) is 0 Å². The molecule has 0 saturated heterocycles. The Morgan fingerprint density at radius 3 is 1.41 bits per heavy atom. The van der Waals surface area contributed by atoms with Crippen molar-refractivity contribution < 1.29 is 26.2 Å². The molecule has 1 fully saturated rings. The molecule has 0 bridgehead atoms. The van der Waals surface area contributed by atoms with Gasteiger partial charge in [-0.25, -0.2) is 12.1 Å². The Morgan fingerprint density at radius 2 is 1.06 bits per heavy atom. The zero-order valence-electron chi connectivity index (χ0n) is 20.4. The van der Waals surface area contributed by atoms with Gasteiger partial charge in [-0.2, -0.15) is 91.6 Å². The van der Waals surface area contributed by atoms with Crippen molar-refractivity contribution in [1.29, 1.82) is 0 Å². The third-order valence-electron chi connectivity index (χ3n) is 5.45. The predicted octanol–water partition coefficient (Wildman–Crippen LogP) is 9.35. The van der Waals surface area contributed by atoms with E-state index in [1.54, 1.807) is 0 Å². The predicted molar refractivity (Wildman–Crippen MR) is 145 cm³/mol. The van der Waals surface area contributed by atoms with Crippen molar-refractivity contribution in [2.24, 2.45) is 5.92 Å². The maximum Gasteiger partial charge on any atom is 4.00 e. The van der Waals surface area contributed by atoms with Crippen LogP contribution in [-0.4, -0.2) is 0 Å². The van der Waals surface area contributed by atoms with Crippen LogP contribution in [0.5, 0.6) is 0 Å². The van der Waals surface area contributed by atoms with Gasteiger partial charge in [0.15, 0.2) is 0 Å². The Morgan fingerprint density at radius 1 is 0.618 bits per heavy atom. The second-order valence-electron chi connectivity index (χ2n) is 8.29. The van der Waals surface area contributed by atoms with Crippen LogP contribution in [0.25, 0.3) is 0 Å². The van der Waals surface area contributed by atoms with Gasteiger partial charge >= 0.3 is 26.2 Å². The fourth-order valence-corrected chi connectivity index (χ4v) is 3.59. The van der Waals surface area contributed by atoms with Crippen molar-refractivity contribution in [3.8, 4) is 0 Å². The third-order valence-corrected chi connectivity index (χ3v) is 5.45. The Kier molecular flexibility index (Phi) is 17.3. The SMILES string of the molecule is [CH2-]c1ccccc1.[CH2-]c1ccccc1.[Zr+4].c1cc[cH-]c1.c1ccc([CH-]CC2CCCCC2)cc1. The molecule has 34 heavy (non-hydrogen) atoms. The average molecular weight is 526 g/mol. The minimum atomic E-state index is 0. The molecule has 0 unspecified atom stereocenters. The molecule has 4 aromatic carbocycles. The topological polar surface area (TPSA) is 0 Å². The second-order valence-corrected chi connectivity index (χ2v) is 8.29. The molecule has 0 heterocycles. The summed E-state index contributed by atoms with van der Waals surface area (Å²) in [6, 6.07) is 40.5. The molecule has 1 aliphatic rings. The van der Waals surface area contributed by atoms with Crippen LogP contribution in [0.4, 0.5) is 0 Å². The van der Waals surface area contributed by atoms with Gasteiger partial charge in [0.1, 0.15) is 0 Å².